The van der Waals surface area contributed by atoms with Gasteiger partial charge >= 0.3 is 0 Å². The fourth-order valence-corrected chi connectivity index (χ4v) is 5.76. The van der Waals surface area contributed by atoms with E-state index in [0.29, 0.717) is 17.5 Å². The molecule has 1 aromatic heterocycles. The molecule has 2 aromatic rings. The van der Waals surface area contributed by atoms with E-state index in [4.69, 9.17) is 0 Å². The van der Waals surface area contributed by atoms with Crippen molar-refractivity contribution in [2.75, 3.05) is 19.6 Å². The van der Waals surface area contributed by atoms with Crippen molar-refractivity contribution >= 4 is 0 Å². The Morgan fingerprint density at radius 3 is 2.74 bits per heavy atom. The van der Waals surface area contributed by atoms with Gasteiger partial charge in [0.05, 0.1) is 6.54 Å². The Bertz CT molecular complexity index is 827. The van der Waals surface area contributed by atoms with Crippen molar-refractivity contribution in [2.24, 2.45) is 5.92 Å². The molecule has 3 atom stereocenters. The highest BCUT2D eigenvalue weighted by atomic mass is 19.2. The van der Waals surface area contributed by atoms with Crippen LogP contribution in [0.5, 0.6) is 0 Å². The van der Waals surface area contributed by atoms with Gasteiger partial charge in [0, 0.05) is 43.5 Å². The summed E-state index contributed by atoms with van der Waals surface area (Å²) in [6, 6.07) is 5.32. The van der Waals surface area contributed by atoms with Gasteiger partial charge in [-0.1, -0.05) is 12.1 Å². The van der Waals surface area contributed by atoms with Crippen molar-refractivity contribution in [3.8, 4) is 0 Å². The molecular formula is C21H26F2N4. The molecule has 0 aliphatic carbocycles. The van der Waals surface area contributed by atoms with Crippen LogP contribution >= 0.6 is 0 Å². The summed E-state index contributed by atoms with van der Waals surface area (Å²) in [6.45, 7) is 6.72. The minimum atomic E-state index is -0.736. The van der Waals surface area contributed by atoms with Crippen molar-refractivity contribution in [3.05, 3.63) is 53.6 Å². The summed E-state index contributed by atoms with van der Waals surface area (Å²) in [6.07, 6.45) is 6.28. The molecule has 0 amide bonds. The number of likely N-dealkylation sites (tertiary alicyclic amines) is 1. The molecule has 6 rings (SSSR count). The highest BCUT2D eigenvalue weighted by molar-refractivity contribution is 5.29. The zero-order valence-electron chi connectivity index (χ0n) is 15.7. The second kappa shape index (κ2) is 6.67. The van der Waals surface area contributed by atoms with Gasteiger partial charge < -0.3 is 4.57 Å². The van der Waals surface area contributed by atoms with E-state index >= 15 is 0 Å². The summed E-state index contributed by atoms with van der Waals surface area (Å²) in [5, 5.41) is 0. The van der Waals surface area contributed by atoms with Gasteiger partial charge in [0.15, 0.2) is 11.6 Å². The number of nitrogens with zero attached hydrogens (tertiary/aromatic N) is 4. The van der Waals surface area contributed by atoms with Crippen LogP contribution in [0, 0.1) is 17.6 Å². The predicted octanol–water partition coefficient (Wildman–Crippen LogP) is 3.24. The third-order valence-electron chi connectivity index (χ3n) is 6.96. The summed E-state index contributed by atoms with van der Waals surface area (Å²) in [5.41, 5.74) is 0.541. The molecule has 4 aliphatic heterocycles. The first-order valence-electron chi connectivity index (χ1n) is 10.1. The topological polar surface area (TPSA) is 24.3 Å². The highest BCUT2D eigenvalue weighted by Gasteiger charge is 2.53. The molecule has 0 spiro atoms. The Labute approximate surface area is 158 Å². The summed E-state index contributed by atoms with van der Waals surface area (Å²) >= 11 is 0. The van der Waals surface area contributed by atoms with Gasteiger partial charge in [-0.3, -0.25) is 9.80 Å². The SMILES string of the molecule is CCn1ccnc1CN1C[C@H](c2cccc(F)c2F)[C@@H]2[C@H]1C1CCN2CC1. The van der Waals surface area contributed by atoms with Crippen LogP contribution in [-0.2, 0) is 13.1 Å². The standard InChI is InChI=1S/C21H26F2N4/c1-2-25-11-8-24-18(25)13-27-12-16(15-4-3-5-17(22)19(15)23)21-20(27)14-6-9-26(21)10-7-14/h3-5,8,11,14,16,20-21H,2,6-7,9-10,12-13H2,1H3/t16-,20-,21-/m1/s1. The molecule has 0 unspecified atom stereocenters. The molecule has 27 heavy (non-hydrogen) atoms. The van der Waals surface area contributed by atoms with Crippen LogP contribution in [0.15, 0.2) is 30.6 Å². The van der Waals surface area contributed by atoms with Gasteiger partial charge in [0.1, 0.15) is 5.82 Å². The van der Waals surface area contributed by atoms with Crippen molar-refractivity contribution in [1.29, 1.82) is 0 Å². The van der Waals surface area contributed by atoms with Crippen molar-refractivity contribution in [2.45, 2.75) is 50.9 Å². The largest absolute Gasteiger partial charge is 0.334 e. The van der Waals surface area contributed by atoms with Crippen LogP contribution in [0.1, 0.15) is 37.1 Å². The Balaban J connectivity index is 1.51. The third kappa shape index (κ3) is 2.72. The van der Waals surface area contributed by atoms with E-state index < -0.39 is 11.6 Å². The van der Waals surface area contributed by atoms with Crippen LogP contribution in [0.2, 0.25) is 0 Å². The van der Waals surface area contributed by atoms with E-state index in [1.807, 2.05) is 12.4 Å². The number of imidazole rings is 1. The maximum atomic E-state index is 14.6. The quantitative estimate of drug-likeness (QED) is 0.824. The summed E-state index contributed by atoms with van der Waals surface area (Å²) < 4.78 is 30.8. The molecule has 0 N–H and O–H groups in total. The van der Waals surface area contributed by atoms with E-state index in [1.54, 1.807) is 12.1 Å². The molecule has 2 bridgehead atoms. The molecule has 0 radical (unpaired) electrons. The maximum absolute atomic E-state index is 14.6. The Kier molecular flexibility index (Phi) is 4.28. The second-order valence-electron chi connectivity index (χ2n) is 8.16. The third-order valence-corrected chi connectivity index (χ3v) is 6.96. The van der Waals surface area contributed by atoms with Gasteiger partial charge in [0.2, 0.25) is 0 Å². The first-order valence-corrected chi connectivity index (χ1v) is 10.1. The monoisotopic (exact) mass is 372 g/mol. The van der Waals surface area contributed by atoms with E-state index in [0.717, 1.165) is 38.5 Å². The summed E-state index contributed by atoms with van der Waals surface area (Å²) in [7, 11) is 0. The normalized spacial score (nSPS) is 32.8. The lowest BCUT2D eigenvalue weighted by Gasteiger charge is -2.51. The number of rotatable bonds is 4. The lowest BCUT2D eigenvalue weighted by Crippen LogP contribution is -2.60. The molecule has 4 fully saturated rings. The molecule has 4 nitrogen and oxygen atoms in total. The number of hydrogen-bond donors (Lipinski definition) is 0. The zero-order chi connectivity index (χ0) is 18.5. The van der Waals surface area contributed by atoms with Gasteiger partial charge in [0.25, 0.3) is 0 Å². The van der Waals surface area contributed by atoms with Crippen LogP contribution in [0.4, 0.5) is 8.78 Å². The fourth-order valence-electron chi connectivity index (χ4n) is 5.76. The lowest BCUT2D eigenvalue weighted by molar-refractivity contribution is -0.00970. The first kappa shape index (κ1) is 17.3. The van der Waals surface area contributed by atoms with E-state index in [-0.39, 0.29) is 12.0 Å². The number of aryl methyl sites for hydroxylation is 1. The van der Waals surface area contributed by atoms with E-state index in [9.17, 15) is 8.78 Å². The molecule has 0 saturated carbocycles. The van der Waals surface area contributed by atoms with E-state index in [2.05, 4.69) is 26.3 Å². The maximum Gasteiger partial charge on any atom is 0.162 e. The van der Waals surface area contributed by atoms with Crippen LogP contribution in [-0.4, -0.2) is 51.1 Å². The van der Waals surface area contributed by atoms with Crippen LogP contribution < -0.4 is 0 Å². The van der Waals surface area contributed by atoms with Crippen LogP contribution in [0.3, 0.4) is 0 Å². The lowest BCUT2D eigenvalue weighted by atomic mass is 9.75. The molecule has 6 heteroatoms. The highest BCUT2D eigenvalue weighted by Crippen LogP contribution is 2.47. The number of aromatic nitrogens is 2. The molecule has 4 aliphatic rings. The van der Waals surface area contributed by atoms with E-state index in [1.165, 1.54) is 18.9 Å². The molecule has 144 valence electrons. The summed E-state index contributed by atoms with van der Waals surface area (Å²) in [5.74, 6) is 0.319. The van der Waals surface area contributed by atoms with Gasteiger partial charge in [-0.15, -0.1) is 0 Å². The number of halogens is 2. The van der Waals surface area contributed by atoms with Crippen LogP contribution in [0.25, 0.3) is 0 Å². The molecular weight excluding hydrogens is 346 g/mol. The first-order chi connectivity index (χ1) is 13.2. The fraction of sp³-hybridized carbons (Fsp3) is 0.571. The Morgan fingerprint density at radius 2 is 1.96 bits per heavy atom. The number of hydrogen-bond acceptors (Lipinski definition) is 3. The average Bonchev–Trinajstić information content (AvgIpc) is 3.31. The second-order valence-corrected chi connectivity index (χ2v) is 8.16. The van der Waals surface area contributed by atoms with Crippen molar-refractivity contribution in [1.82, 2.24) is 19.4 Å². The number of fused-ring (bicyclic) bond motifs is 2. The Hall–Kier alpha value is -1.79. The van der Waals surface area contributed by atoms with Crippen molar-refractivity contribution in [3.63, 3.8) is 0 Å². The minimum absolute atomic E-state index is 0.0128. The average molecular weight is 372 g/mol. The molecule has 5 heterocycles. The van der Waals surface area contributed by atoms with Gasteiger partial charge in [-0.25, -0.2) is 13.8 Å². The van der Waals surface area contributed by atoms with Gasteiger partial charge in [-0.2, -0.15) is 0 Å². The zero-order valence-corrected chi connectivity index (χ0v) is 15.7. The Morgan fingerprint density at radius 1 is 1.15 bits per heavy atom. The number of benzene rings is 1. The smallest absolute Gasteiger partial charge is 0.162 e. The molecule has 4 saturated heterocycles. The summed E-state index contributed by atoms with van der Waals surface area (Å²) in [4.78, 5) is 9.56. The minimum Gasteiger partial charge on any atom is -0.334 e. The predicted molar refractivity (Wildman–Crippen MR) is 99.3 cm³/mol. The number of piperidine rings is 3. The van der Waals surface area contributed by atoms with Crippen molar-refractivity contribution < 1.29 is 8.78 Å². The van der Waals surface area contributed by atoms with Gasteiger partial charge in [-0.05, 0) is 50.4 Å². The molecule has 1 aromatic carbocycles.